The molecule has 2 heterocycles. The van der Waals surface area contributed by atoms with Crippen LogP contribution in [0, 0.1) is 11.6 Å². The zero-order chi connectivity index (χ0) is 14.3. The Morgan fingerprint density at radius 1 is 1.20 bits per heavy atom. The second kappa shape index (κ2) is 4.94. The van der Waals surface area contributed by atoms with E-state index in [2.05, 4.69) is 14.9 Å². The van der Waals surface area contributed by atoms with Gasteiger partial charge in [-0.1, -0.05) is 0 Å². The lowest BCUT2D eigenvalue weighted by atomic mass is 10.2. The SMILES string of the molecule is C[C@@H]1CN(c2cnc3cc(F)c(F)cc3n2)[C@@H](C)CO1. The Balaban J connectivity index is 2.01. The zero-order valence-corrected chi connectivity index (χ0v) is 11.3. The molecule has 3 rings (SSSR count). The maximum Gasteiger partial charge on any atom is 0.161 e. The van der Waals surface area contributed by atoms with Gasteiger partial charge < -0.3 is 9.64 Å². The van der Waals surface area contributed by atoms with Gasteiger partial charge in [-0.2, -0.15) is 0 Å². The fourth-order valence-corrected chi connectivity index (χ4v) is 2.36. The first-order valence-electron chi connectivity index (χ1n) is 6.54. The van der Waals surface area contributed by atoms with E-state index in [1.165, 1.54) is 0 Å². The molecule has 0 bridgehead atoms. The van der Waals surface area contributed by atoms with E-state index in [1.54, 1.807) is 6.20 Å². The second-order valence-corrected chi connectivity index (χ2v) is 5.13. The minimum atomic E-state index is -0.910. The molecule has 2 aromatic rings. The highest BCUT2D eigenvalue weighted by Gasteiger charge is 2.25. The first kappa shape index (κ1) is 13.2. The standard InChI is InChI=1S/C14H15F2N3O/c1-8-7-20-9(2)6-19(8)14-5-17-12-3-10(15)11(16)4-13(12)18-14/h3-5,8-9H,6-7H2,1-2H3/t8-,9+/m0/s1. The van der Waals surface area contributed by atoms with Gasteiger partial charge in [0.2, 0.25) is 0 Å². The van der Waals surface area contributed by atoms with Crippen molar-refractivity contribution in [2.45, 2.75) is 26.0 Å². The third-order valence-electron chi connectivity index (χ3n) is 3.47. The summed E-state index contributed by atoms with van der Waals surface area (Å²) in [4.78, 5) is 10.6. The van der Waals surface area contributed by atoms with E-state index >= 15 is 0 Å². The lowest BCUT2D eigenvalue weighted by Crippen LogP contribution is -2.47. The van der Waals surface area contributed by atoms with E-state index in [4.69, 9.17) is 4.74 Å². The smallest absolute Gasteiger partial charge is 0.161 e. The zero-order valence-electron chi connectivity index (χ0n) is 11.3. The predicted octanol–water partition coefficient (Wildman–Crippen LogP) is 2.52. The van der Waals surface area contributed by atoms with Crippen molar-refractivity contribution in [3.63, 3.8) is 0 Å². The number of aromatic nitrogens is 2. The molecule has 1 aliphatic rings. The largest absolute Gasteiger partial charge is 0.375 e. The minimum absolute atomic E-state index is 0.105. The van der Waals surface area contributed by atoms with Crippen LogP contribution in [0.5, 0.6) is 0 Å². The van der Waals surface area contributed by atoms with Gasteiger partial charge in [-0.25, -0.2) is 13.8 Å². The summed E-state index contributed by atoms with van der Waals surface area (Å²) in [6.07, 6.45) is 1.70. The number of nitrogens with zero attached hydrogens (tertiary/aromatic N) is 3. The number of fused-ring (bicyclic) bond motifs is 1. The van der Waals surface area contributed by atoms with Gasteiger partial charge in [0.15, 0.2) is 11.6 Å². The maximum absolute atomic E-state index is 13.3. The summed E-state index contributed by atoms with van der Waals surface area (Å²) in [7, 11) is 0. The fourth-order valence-electron chi connectivity index (χ4n) is 2.36. The Labute approximate surface area is 115 Å². The molecule has 0 spiro atoms. The Kier molecular flexibility index (Phi) is 3.25. The molecule has 0 radical (unpaired) electrons. The minimum Gasteiger partial charge on any atom is -0.375 e. The number of rotatable bonds is 1. The molecule has 20 heavy (non-hydrogen) atoms. The van der Waals surface area contributed by atoms with Gasteiger partial charge in [0, 0.05) is 18.7 Å². The molecule has 6 heteroatoms. The number of ether oxygens (including phenoxy) is 1. The Morgan fingerprint density at radius 2 is 1.90 bits per heavy atom. The highest BCUT2D eigenvalue weighted by molar-refractivity contribution is 5.75. The van der Waals surface area contributed by atoms with Gasteiger partial charge in [0.05, 0.1) is 36.0 Å². The fraction of sp³-hybridized carbons (Fsp3) is 0.429. The molecule has 2 atom stereocenters. The second-order valence-electron chi connectivity index (χ2n) is 5.13. The Hall–Kier alpha value is -1.82. The summed E-state index contributed by atoms with van der Waals surface area (Å²) < 4.78 is 32.0. The average molecular weight is 279 g/mol. The van der Waals surface area contributed by atoms with Crippen LogP contribution in [-0.2, 0) is 4.74 Å². The van der Waals surface area contributed by atoms with Crippen LogP contribution in [0.1, 0.15) is 13.8 Å². The van der Waals surface area contributed by atoms with Crippen molar-refractivity contribution in [2.24, 2.45) is 0 Å². The van der Waals surface area contributed by atoms with E-state index in [1.807, 2.05) is 13.8 Å². The highest BCUT2D eigenvalue weighted by Crippen LogP contribution is 2.22. The quantitative estimate of drug-likeness (QED) is 0.804. The number of hydrogen-bond acceptors (Lipinski definition) is 4. The van der Waals surface area contributed by atoms with E-state index in [-0.39, 0.29) is 12.1 Å². The molecule has 0 unspecified atom stereocenters. The number of anilines is 1. The summed E-state index contributed by atoms with van der Waals surface area (Å²) in [6, 6.07) is 2.31. The van der Waals surface area contributed by atoms with E-state index < -0.39 is 11.6 Å². The van der Waals surface area contributed by atoms with Crippen molar-refractivity contribution in [2.75, 3.05) is 18.1 Å². The molecule has 1 aliphatic heterocycles. The van der Waals surface area contributed by atoms with Crippen LogP contribution in [0.25, 0.3) is 11.0 Å². The molecular formula is C14H15F2N3O. The molecule has 1 aromatic carbocycles. The van der Waals surface area contributed by atoms with Crippen LogP contribution >= 0.6 is 0 Å². The van der Waals surface area contributed by atoms with Crippen molar-refractivity contribution in [1.29, 1.82) is 0 Å². The Bertz CT molecular complexity index is 650. The molecule has 0 aliphatic carbocycles. The average Bonchev–Trinajstić information content (AvgIpc) is 2.42. The predicted molar refractivity (Wildman–Crippen MR) is 71.7 cm³/mol. The lowest BCUT2D eigenvalue weighted by molar-refractivity contribution is 0.0340. The first-order valence-corrected chi connectivity index (χ1v) is 6.54. The van der Waals surface area contributed by atoms with Gasteiger partial charge in [0.1, 0.15) is 5.82 Å². The summed E-state index contributed by atoms with van der Waals surface area (Å²) in [6.45, 7) is 5.33. The topological polar surface area (TPSA) is 38.2 Å². The van der Waals surface area contributed by atoms with Crippen molar-refractivity contribution >= 4 is 16.9 Å². The molecule has 4 nitrogen and oxygen atoms in total. The van der Waals surface area contributed by atoms with Crippen LogP contribution in [0.4, 0.5) is 14.6 Å². The van der Waals surface area contributed by atoms with Crippen molar-refractivity contribution < 1.29 is 13.5 Å². The van der Waals surface area contributed by atoms with Gasteiger partial charge >= 0.3 is 0 Å². The van der Waals surface area contributed by atoms with Gasteiger partial charge in [-0.3, -0.25) is 4.98 Å². The normalized spacial score (nSPS) is 23.3. The van der Waals surface area contributed by atoms with Crippen molar-refractivity contribution in [1.82, 2.24) is 9.97 Å². The molecule has 1 fully saturated rings. The first-order chi connectivity index (χ1) is 9.54. The third-order valence-corrected chi connectivity index (χ3v) is 3.47. The third kappa shape index (κ3) is 2.31. The van der Waals surface area contributed by atoms with Crippen LogP contribution in [-0.4, -0.2) is 35.3 Å². The van der Waals surface area contributed by atoms with E-state index in [9.17, 15) is 8.78 Å². The molecule has 0 saturated carbocycles. The molecule has 1 saturated heterocycles. The summed E-state index contributed by atoms with van der Waals surface area (Å²) >= 11 is 0. The van der Waals surface area contributed by atoms with E-state index in [0.29, 0.717) is 30.0 Å². The Morgan fingerprint density at radius 3 is 2.65 bits per heavy atom. The number of morpholine rings is 1. The number of hydrogen-bond donors (Lipinski definition) is 0. The molecule has 0 N–H and O–H groups in total. The number of benzene rings is 1. The maximum atomic E-state index is 13.3. The van der Waals surface area contributed by atoms with Crippen LogP contribution < -0.4 is 4.90 Å². The van der Waals surface area contributed by atoms with E-state index in [0.717, 1.165) is 12.1 Å². The summed E-state index contributed by atoms with van der Waals surface area (Å²) in [5, 5.41) is 0. The van der Waals surface area contributed by atoms with Crippen LogP contribution in [0.15, 0.2) is 18.3 Å². The summed E-state index contributed by atoms with van der Waals surface area (Å²) in [5.41, 5.74) is 0.703. The molecule has 1 aromatic heterocycles. The lowest BCUT2D eigenvalue weighted by Gasteiger charge is -2.37. The molecule has 106 valence electrons. The number of halogens is 2. The highest BCUT2D eigenvalue weighted by atomic mass is 19.2. The van der Waals surface area contributed by atoms with Gasteiger partial charge in [-0.15, -0.1) is 0 Å². The molecular weight excluding hydrogens is 264 g/mol. The van der Waals surface area contributed by atoms with Crippen molar-refractivity contribution in [3.8, 4) is 0 Å². The van der Waals surface area contributed by atoms with Gasteiger partial charge in [0.25, 0.3) is 0 Å². The van der Waals surface area contributed by atoms with Gasteiger partial charge in [-0.05, 0) is 13.8 Å². The van der Waals surface area contributed by atoms with Crippen molar-refractivity contribution in [3.05, 3.63) is 30.0 Å². The van der Waals surface area contributed by atoms with Crippen LogP contribution in [0.3, 0.4) is 0 Å². The van der Waals surface area contributed by atoms with Crippen LogP contribution in [0.2, 0.25) is 0 Å². The molecule has 0 amide bonds. The monoisotopic (exact) mass is 279 g/mol. The summed E-state index contributed by atoms with van der Waals surface area (Å²) in [5.74, 6) is -1.16.